The third-order valence-electron chi connectivity index (χ3n) is 4.81. The van der Waals surface area contributed by atoms with Gasteiger partial charge in [0.15, 0.2) is 0 Å². The van der Waals surface area contributed by atoms with Crippen molar-refractivity contribution in [3.8, 4) is 11.3 Å². The topological polar surface area (TPSA) is 101 Å². The molecule has 1 aromatic carbocycles. The maximum absolute atomic E-state index is 12.9. The molecular formula is C20H19N5O3S. The Morgan fingerprint density at radius 1 is 1.21 bits per heavy atom. The van der Waals surface area contributed by atoms with Crippen molar-refractivity contribution in [1.29, 1.82) is 0 Å². The van der Waals surface area contributed by atoms with E-state index in [9.17, 15) is 14.9 Å². The smallest absolute Gasteiger partial charge is 0.270 e. The molecule has 1 N–H and O–H groups in total. The van der Waals surface area contributed by atoms with Crippen LogP contribution in [0.2, 0.25) is 0 Å². The van der Waals surface area contributed by atoms with Gasteiger partial charge in [0.05, 0.1) is 28.4 Å². The minimum absolute atomic E-state index is 0.0904. The van der Waals surface area contributed by atoms with Crippen molar-refractivity contribution in [2.75, 3.05) is 18.0 Å². The average Bonchev–Trinajstić information content (AvgIpc) is 3.44. The number of anilines is 1. The number of hydrogen-bond acceptors (Lipinski definition) is 7. The fraction of sp³-hybridized carbons (Fsp3) is 0.250. The largest absolute Gasteiger partial charge is 0.371 e. The summed E-state index contributed by atoms with van der Waals surface area (Å²) in [5.41, 5.74) is 2.76. The third-order valence-corrected chi connectivity index (χ3v) is 5.66. The van der Waals surface area contributed by atoms with Crippen LogP contribution in [0.5, 0.6) is 0 Å². The number of nitro groups is 1. The zero-order valence-electron chi connectivity index (χ0n) is 15.6. The second-order valence-electron chi connectivity index (χ2n) is 6.70. The summed E-state index contributed by atoms with van der Waals surface area (Å²) in [7, 11) is 0. The Hall–Kier alpha value is -3.33. The lowest BCUT2D eigenvalue weighted by atomic mass is 10.1. The van der Waals surface area contributed by atoms with Gasteiger partial charge in [0, 0.05) is 48.6 Å². The molecule has 3 heterocycles. The lowest BCUT2D eigenvalue weighted by molar-refractivity contribution is -0.384. The molecule has 1 aliphatic heterocycles. The number of pyridine rings is 1. The van der Waals surface area contributed by atoms with Gasteiger partial charge in [-0.2, -0.15) is 0 Å². The molecule has 29 heavy (non-hydrogen) atoms. The molecule has 0 spiro atoms. The Labute approximate surface area is 171 Å². The summed E-state index contributed by atoms with van der Waals surface area (Å²) in [6.45, 7) is 1.95. The molecule has 0 aliphatic carbocycles. The highest BCUT2D eigenvalue weighted by atomic mass is 32.1. The first-order valence-corrected chi connectivity index (χ1v) is 10.2. The summed E-state index contributed by atoms with van der Waals surface area (Å²) in [5.74, 6) is -0.337. The van der Waals surface area contributed by atoms with Gasteiger partial charge in [-0.05, 0) is 31.0 Å². The van der Waals surface area contributed by atoms with Crippen LogP contribution in [0, 0.1) is 10.1 Å². The van der Waals surface area contributed by atoms with Crippen LogP contribution in [0.25, 0.3) is 11.3 Å². The number of carbonyl (C=O) groups is 1. The fourth-order valence-electron chi connectivity index (χ4n) is 3.35. The van der Waals surface area contributed by atoms with Crippen molar-refractivity contribution in [3.05, 3.63) is 68.8 Å². The number of hydrogen-bond donors (Lipinski definition) is 1. The number of thiazole rings is 1. The molecule has 1 saturated heterocycles. The number of benzene rings is 1. The summed E-state index contributed by atoms with van der Waals surface area (Å²) < 4.78 is 0. The number of amides is 1. The van der Waals surface area contributed by atoms with Gasteiger partial charge in [-0.15, -0.1) is 11.3 Å². The average molecular weight is 409 g/mol. The molecule has 0 atom stereocenters. The Kier molecular flexibility index (Phi) is 5.48. The summed E-state index contributed by atoms with van der Waals surface area (Å²) in [5, 5.41) is 16.7. The molecule has 3 aromatic rings. The van der Waals surface area contributed by atoms with Crippen LogP contribution in [0.15, 0.2) is 48.1 Å². The van der Waals surface area contributed by atoms with Crippen LogP contribution in [-0.2, 0) is 6.54 Å². The first-order chi connectivity index (χ1) is 14.1. The van der Waals surface area contributed by atoms with Crippen molar-refractivity contribution in [1.82, 2.24) is 15.3 Å². The van der Waals surface area contributed by atoms with Gasteiger partial charge in [0.1, 0.15) is 5.01 Å². The molecule has 1 aliphatic rings. The Morgan fingerprint density at radius 2 is 1.97 bits per heavy atom. The van der Waals surface area contributed by atoms with Crippen molar-refractivity contribution in [2.24, 2.45) is 0 Å². The highest BCUT2D eigenvalue weighted by molar-refractivity contribution is 7.09. The van der Waals surface area contributed by atoms with E-state index in [1.165, 1.54) is 23.5 Å². The van der Waals surface area contributed by atoms with Crippen LogP contribution in [0.1, 0.15) is 28.2 Å². The maximum atomic E-state index is 12.9. The molecule has 0 unspecified atom stereocenters. The van der Waals surface area contributed by atoms with Crippen molar-refractivity contribution >= 4 is 28.6 Å². The first-order valence-electron chi connectivity index (χ1n) is 9.28. The molecule has 1 fully saturated rings. The van der Waals surface area contributed by atoms with Gasteiger partial charge in [0.2, 0.25) is 0 Å². The van der Waals surface area contributed by atoms with Gasteiger partial charge in [-0.25, -0.2) is 4.98 Å². The minimum Gasteiger partial charge on any atom is -0.371 e. The zero-order valence-corrected chi connectivity index (χ0v) is 16.4. The fourth-order valence-corrected chi connectivity index (χ4v) is 4.09. The van der Waals surface area contributed by atoms with Crippen LogP contribution < -0.4 is 10.2 Å². The van der Waals surface area contributed by atoms with E-state index in [1.54, 1.807) is 18.5 Å². The summed E-state index contributed by atoms with van der Waals surface area (Å²) in [6.07, 6.45) is 5.51. The van der Waals surface area contributed by atoms with E-state index in [1.807, 2.05) is 17.5 Å². The van der Waals surface area contributed by atoms with E-state index in [4.69, 9.17) is 0 Å². The van der Waals surface area contributed by atoms with Crippen LogP contribution in [0.4, 0.5) is 11.4 Å². The standard InChI is InChI=1S/C20H19N5O3S/c26-20(22-12-19-23-17(13-29-19)14-5-7-21-8-6-14)16-11-15(25(27)28)3-4-18(16)24-9-1-2-10-24/h3-8,11,13H,1-2,9-10,12H2,(H,22,26). The third kappa shape index (κ3) is 4.24. The normalized spacial score (nSPS) is 13.4. The maximum Gasteiger partial charge on any atom is 0.270 e. The highest BCUT2D eigenvalue weighted by Crippen LogP contribution is 2.28. The van der Waals surface area contributed by atoms with Gasteiger partial charge in [-0.3, -0.25) is 19.9 Å². The molecule has 1 amide bonds. The zero-order chi connectivity index (χ0) is 20.2. The van der Waals surface area contributed by atoms with E-state index in [-0.39, 0.29) is 18.1 Å². The summed E-state index contributed by atoms with van der Waals surface area (Å²) >= 11 is 1.45. The van der Waals surface area contributed by atoms with Crippen LogP contribution >= 0.6 is 11.3 Å². The molecule has 2 aromatic heterocycles. The molecule has 0 saturated carbocycles. The SMILES string of the molecule is O=C(NCc1nc(-c2ccncc2)cs1)c1cc([N+](=O)[O-])ccc1N1CCCC1. The van der Waals surface area contributed by atoms with Crippen molar-refractivity contribution < 1.29 is 9.72 Å². The predicted molar refractivity (Wildman–Crippen MR) is 111 cm³/mol. The van der Waals surface area contributed by atoms with E-state index in [0.29, 0.717) is 5.56 Å². The molecular weight excluding hydrogens is 390 g/mol. The summed E-state index contributed by atoms with van der Waals surface area (Å²) in [4.78, 5) is 34.2. The second-order valence-corrected chi connectivity index (χ2v) is 7.64. The van der Waals surface area contributed by atoms with E-state index < -0.39 is 4.92 Å². The van der Waals surface area contributed by atoms with Gasteiger partial charge in [0.25, 0.3) is 11.6 Å². The van der Waals surface area contributed by atoms with Crippen molar-refractivity contribution in [2.45, 2.75) is 19.4 Å². The number of carbonyl (C=O) groups excluding carboxylic acids is 1. The lowest BCUT2D eigenvalue weighted by Gasteiger charge is -2.20. The molecule has 9 heteroatoms. The molecule has 148 valence electrons. The minimum atomic E-state index is -0.480. The quantitative estimate of drug-likeness (QED) is 0.493. The number of aromatic nitrogens is 2. The molecule has 8 nitrogen and oxygen atoms in total. The van der Waals surface area contributed by atoms with Crippen LogP contribution in [0.3, 0.4) is 0 Å². The second kappa shape index (κ2) is 8.36. The Bertz CT molecular complexity index is 1030. The Morgan fingerprint density at radius 3 is 2.69 bits per heavy atom. The predicted octanol–water partition coefficient (Wildman–Crippen LogP) is 3.64. The van der Waals surface area contributed by atoms with Gasteiger partial charge < -0.3 is 10.2 Å². The molecule has 4 rings (SSSR count). The van der Waals surface area contributed by atoms with E-state index in [2.05, 4.69) is 20.2 Å². The number of non-ortho nitro benzene ring substituents is 1. The molecule has 0 radical (unpaired) electrons. The van der Waals surface area contributed by atoms with E-state index in [0.717, 1.165) is 47.9 Å². The van der Waals surface area contributed by atoms with Gasteiger partial charge >= 0.3 is 0 Å². The first kappa shape index (κ1) is 19.0. The summed E-state index contributed by atoms with van der Waals surface area (Å²) in [6, 6.07) is 8.23. The highest BCUT2D eigenvalue weighted by Gasteiger charge is 2.22. The van der Waals surface area contributed by atoms with Gasteiger partial charge in [-0.1, -0.05) is 0 Å². The number of nitrogens with zero attached hydrogens (tertiary/aromatic N) is 4. The van der Waals surface area contributed by atoms with Crippen molar-refractivity contribution in [3.63, 3.8) is 0 Å². The van der Waals surface area contributed by atoms with Crippen LogP contribution in [-0.4, -0.2) is 33.9 Å². The monoisotopic (exact) mass is 409 g/mol. The van der Waals surface area contributed by atoms with E-state index >= 15 is 0 Å². The number of nitro benzene ring substituents is 1. The Balaban J connectivity index is 1.51. The molecule has 0 bridgehead atoms. The number of rotatable bonds is 6. The number of nitrogens with one attached hydrogen (secondary N) is 1. The lowest BCUT2D eigenvalue weighted by Crippen LogP contribution is -2.27.